The van der Waals surface area contributed by atoms with Gasteiger partial charge >= 0.3 is 0 Å². The molecule has 0 spiro atoms. The first-order valence-corrected chi connectivity index (χ1v) is 6.17. The van der Waals surface area contributed by atoms with Crippen LogP contribution in [-0.2, 0) is 0 Å². The molecule has 0 amide bonds. The highest BCUT2D eigenvalue weighted by atomic mass is 16.5. The van der Waals surface area contributed by atoms with Crippen LogP contribution in [-0.4, -0.2) is 11.7 Å². The maximum atomic E-state index is 10.3. The third-order valence-electron chi connectivity index (χ3n) is 4.01. The second kappa shape index (κ2) is 3.41. The normalized spacial score (nSPS) is 25.0. The number of phenols is 1. The molecule has 0 bridgehead atoms. The molecular weight excluding hydrogens is 200 g/mol. The molecule has 1 fully saturated rings. The summed E-state index contributed by atoms with van der Waals surface area (Å²) in [5, 5.41) is 10.3. The number of fused-ring (bicyclic) bond motifs is 1. The average Bonchev–Trinajstić information content (AvgIpc) is 3.04. The Morgan fingerprint density at radius 3 is 2.81 bits per heavy atom. The quantitative estimate of drug-likeness (QED) is 0.824. The van der Waals surface area contributed by atoms with E-state index in [1.54, 1.807) is 0 Å². The van der Waals surface area contributed by atoms with E-state index >= 15 is 0 Å². The Morgan fingerprint density at radius 2 is 2.12 bits per heavy atom. The number of benzene rings is 1. The van der Waals surface area contributed by atoms with Crippen molar-refractivity contribution in [3.8, 4) is 11.5 Å². The van der Waals surface area contributed by atoms with Crippen LogP contribution < -0.4 is 4.74 Å². The van der Waals surface area contributed by atoms with Gasteiger partial charge in [0.1, 0.15) is 11.5 Å². The van der Waals surface area contributed by atoms with Crippen LogP contribution in [0.3, 0.4) is 0 Å². The molecule has 0 aromatic heterocycles. The predicted molar refractivity (Wildman–Crippen MR) is 63.2 cm³/mol. The summed E-state index contributed by atoms with van der Waals surface area (Å²) in [6.45, 7) is 5.03. The minimum atomic E-state index is 0.321. The Bertz CT molecular complexity index is 421. The molecule has 1 saturated carbocycles. The fourth-order valence-electron chi connectivity index (χ4n) is 2.72. The molecule has 2 atom stereocenters. The summed E-state index contributed by atoms with van der Waals surface area (Å²) >= 11 is 0. The SMILES string of the molecule is CC1COc2ccc(C(C)C3CC3)c(O)c21. The van der Waals surface area contributed by atoms with E-state index in [9.17, 15) is 5.11 Å². The smallest absolute Gasteiger partial charge is 0.126 e. The van der Waals surface area contributed by atoms with Crippen molar-refractivity contribution in [1.82, 2.24) is 0 Å². The van der Waals surface area contributed by atoms with Gasteiger partial charge in [-0.25, -0.2) is 0 Å². The molecule has 0 saturated heterocycles. The van der Waals surface area contributed by atoms with Crippen LogP contribution in [0.15, 0.2) is 12.1 Å². The summed E-state index contributed by atoms with van der Waals surface area (Å²) in [4.78, 5) is 0. The Labute approximate surface area is 96.2 Å². The Kier molecular flexibility index (Phi) is 2.13. The first-order valence-electron chi connectivity index (χ1n) is 6.17. The van der Waals surface area contributed by atoms with E-state index in [1.807, 2.05) is 12.1 Å². The van der Waals surface area contributed by atoms with Crippen LogP contribution in [0.2, 0.25) is 0 Å². The lowest BCUT2D eigenvalue weighted by atomic mass is 9.90. The van der Waals surface area contributed by atoms with Crippen LogP contribution in [0.25, 0.3) is 0 Å². The zero-order valence-electron chi connectivity index (χ0n) is 9.86. The Hall–Kier alpha value is -1.18. The first-order chi connectivity index (χ1) is 7.68. The topological polar surface area (TPSA) is 29.5 Å². The third kappa shape index (κ3) is 1.40. The van der Waals surface area contributed by atoms with Gasteiger partial charge in [-0.15, -0.1) is 0 Å². The summed E-state index contributed by atoms with van der Waals surface area (Å²) in [6, 6.07) is 4.06. The van der Waals surface area contributed by atoms with Crippen molar-refractivity contribution in [2.24, 2.45) is 5.92 Å². The molecular formula is C14H18O2. The fraction of sp³-hybridized carbons (Fsp3) is 0.571. The molecule has 3 rings (SSSR count). The molecule has 0 radical (unpaired) electrons. The van der Waals surface area contributed by atoms with Crippen molar-refractivity contribution in [3.63, 3.8) is 0 Å². The Balaban J connectivity index is 2.04. The van der Waals surface area contributed by atoms with E-state index in [4.69, 9.17) is 4.74 Å². The van der Waals surface area contributed by atoms with Gasteiger partial charge in [-0.2, -0.15) is 0 Å². The molecule has 1 N–H and O–H groups in total. The molecule has 1 heterocycles. The van der Waals surface area contributed by atoms with E-state index in [0.29, 0.717) is 24.2 Å². The highest BCUT2D eigenvalue weighted by Gasteiger charge is 2.33. The maximum absolute atomic E-state index is 10.3. The minimum Gasteiger partial charge on any atom is -0.507 e. The van der Waals surface area contributed by atoms with Crippen LogP contribution in [0.4, 0.5) is 0 Å². The van der Waals surface area contributed by atoms with Gasteiger partial charge < -0.3 is 9.84 Å². The highest BCUT2D eigenvalue weighted by molar-refractivity contribution is 5.54. The van der Waals surface area contributed by atoms with Crippen molar-refractivity contribution in [3.05, 3.63) is 23.3 Å². The molecule has 1 aliphatic heterocycles. The van der Waals surface area contributed by atoms with E-state index in [-0.39, 0.29) is 0 Å². The van der Waals surface area contributed by atoms with Gasteiger partial charge in [-0.1, -0.05) is 19.9 Å². The van der Waals surface area contributed by atoms with Crippen LogP contribution in [0, 0.1) is 5.92 Å². The number of rotatable bonds is 2. The van der Waals surface area contributed by atoms with Crippen molar-refractivity contribution in [2.75, 3.05) is 6.61 Å². The molecule has 1 aromatic carbocycles. The lowest BCUT2D eigenvalue weighted by Gasteiger charge is -2.15. The van der Waals surface area contributed by atoms with Gasteiger partial charge in [0, 0.05) is 11.5 Å². The molecule has 1 aliphatic carbocycles. The van der Waals surface area contributed by atoms with Crippen LogP contribution in [0.1, 0.15) is 49.7 Å². The Morgan fingerprint density at radius 1 is 1.38 bits per heavy atom. The summed E-state index contributed by atoms with van der Waals surface area (Å²) in [6.07, 6.45) is 2.62. The first kappa shape index (κ1) is 10.0. The van der Waals surface area contributed by atoms with Crippen LogP contribution in [0.5, 0.6) is 11.5 Å². The summed E-state index contributed by atoms with van der Waals surface area (Å²) in [5.41, 5.74) is 2.13. The zero-order chi connectivity index (χ0) is 11.3. The van der Waals surface area contributed by atoms with Gasteiger partial charge in [-0.05, 0) is 36.3 Å². The molecule has 2 aliphatic rings. The lowest BCUT2D eigenvalue weighted by Crippen LogP contribution is -1.99. The predicted octanol–water partition coefficient (Wildman–Crippen LogP) is 3.40. The van der Waals surface area contributed by atoms with Gasteiger partial charge in [-0.3, -0.25) is 0 Å². The number of ether oxygens (including phenoxy) is 1. The van der Waals surface area contributed by atoms with E-state index < -0.39 is 0 Å². The minimum absolute atomic E-state index is 0.321. The second-order valence-electron chi connectivity index (χ2n) is 5.25. The highest BCUT2D eigenvalue weighted by Crippen LogP contribution is 2.49. The van der Waals surface area contributed by atoms with Gasteiger partial charge in [0.05, 0.1) is 6.61 Å². The van der Waals surface area contributed by atoms with Gasteiger partial charge in [0.25, 0.3) is 0 Å². The standard InChI is InChI=1S/C14H18O2/c1-8-7-16-12-6-5-11(14(15)13(8)12)9(2)10-3-4-10/h5-6,8-10,15H,3-4,7H2,1-2H3. The van der Waals surface area contributed by atoms with Crippen molar-refractivity contribution < 1.29 is 9.84 Å². The van der Waals surface area contributed by atoms with E-state index in [1.165, 1.54) is 12.8 Å². The molecule has 2 unspecified atom stereocenters. The largest absolute Gasteiger partial charge is 0.507 e. The number of hydrogen-bond acceptors (Lipinski definition) is 2. The van der Waals surface area contributed by atoms with Crippen LogP contribution >= 0.6 is 0 Å². The van der Waals surface area contributed by atoms with E-state index in [2.05, 4.69) is 13.8 Å². The molecule has 1 aromatic rings. The van der Waals surface area contributed by atoms with Crippen molar-refractivity contribution in [1.29, 1.82) is 0 Å². The summed E-state index contributed by atoms with van der Waals surface area (Å²) in [5.74, 6) is 2.94. The second-order valence-corrected chi connectivity index (χ2v) is 5.25. The number of hydrogen-bond donors (Lipinski definition) is 1. The summed E-state index contributed by atoms with van der Waals surface area (Å²) in [7, 11) is 0. The number of aromatic hydroxyl groups is 1. The zero-order valence-corrected chi connectivity index (χ0v) is 9.86. The van der Waals surface area contributed by atoms with Gasteiger partial charge in [0.2, 0.25) is 0 Å². The van der Waals surface area contributed by atoms with E-state index in [0.717, 1.165) is 22.8 Å². The number of phenolic OH excluding ortho intramolecular Hbond substituents is 1. The molecule has 86 valence electrons. The third-order valence-corrected chi connectivity index (χ3v) is 4.01. The average molecular weight is 218 g/mol. The molecule has 16 heavy (non-hydrogen) atoms. The molecule has 2 nitrogen and oxygen atoms in total. The lowest BCUT2D eigenvalue weighted by molar-refractivity contribution is 0.337. The van der Waals surface area contributed by atoms with Gasteiger partial charge in [0.15, 0.2) is 0 Å². The maximum Gasteiger partial charge on any atom is 0.126 e. The molecule has 2 heteroatoms. The monoisotopic (exact) mass is 218 g/mol. The fourth-order valence-corrected chi connectivity index (χ4v) is 2.72. The van der Waals surface area contributed by atoms with Crippen molar-refractivity contribution in [2.45, 2.75) is 38.5 Å². The summed E-state index contributed by atoms with van der Waals surface area (Å²) < 4.78 is 5.54. The van der Waals surface area contributed by atoms with Crippen molar-refractivity contribution >= 4 is 0 Å².